The molecule has 0 bridgehead atoms. The second-order valence-corrected chi connectivity index (χ2v) is 4.51. The number of rotatable bonds is 4. The van der Waals surface area contributed by atoms with Crippen LogP contribution in [0.5, 0.6) is 0 Å². The van der Waals surface area contributed by atoms with Crippen LogP contribution in [0.25, 0.3) is 0 Å². The maximum atomic E-state index is 8.69. The summed E-state index contributed by atoms with van der Waals surface area (Å²) in [5.41, 5.74) is 9.59. The number of hydrogen-bond donors (Lipinski definition) is 2. The lowest BCUT2D eigenvalue weighted by molar-refractivity contribution is 1.16. The van der Waals surface area contributed by atoms with Gasteiger partial charge in [0.05, 0.1) is 12.5 Å². The Kier molecular flexibility index (Phi) is 3.63. The molecule has 17 heavy (non-hydrogen) atoms. The van der Waals surface area contributed by atoms with Gasteiger partial charge in [0, 0.05) is 17.9 Å². The molecule has 0 amide bonds. The zero-order chi connectivity index (χ0) is 12.1. The summed E-state index contributed by atoms with van der Waals surface area (Å²) in [5, 5.41) is 16.2. The molecule has 0 saturated carbocycles. The Hall–Kier alpha value is -1.99. The van der Waals surface area contributed by atoms with Crippen LogP contribution < -0.4 is 11.1 Å². The van der Waals surface area contributed by atoms with E-state index >= 15 is 0 Å². The molecule has 0 unspecified atom stereocenters. The van der Waals surface area contributed by atoms with Crippen LogP contribution in [0.15, 0.2) is 35.0 Å². The van der Waals surface area contributed by atoms with Crippen LogP contribution in [-0.4, -0.2) is 0 Å². The number of nitrogen functional groups attached to an aromatic ring is 1. The minimum absolute atomic E-state index is 0.347. The van der Waals surface area contributed by atoms with E-state index < -0.39 is 0 Å². The minimum Gasteiger partial charge on any atom is -0.398 e. The van der Waals surface area contributed by atoms with Gasteiger partial charge < -0.3 is 11.1 Å². The van der Waals surface area contributed by atoms with E-state index in [0.29, 0.717) is 12.1 Å². The monoisotopic (exact) mass is 243 g/mol. The highest BCUT2D eigenvalue weighted by Crippen LogP contribution is 2.19. The van der Waals surface area contributed by atoms with Gasteiger partial charge in [0.15, 0.2) is 0 Å². The third kappa shape index (κ3) is 2.99. The number of nitrogens with one attached hydrogen (secondary N) is 1. The van der Waals surface area contributed by atoms with Crippen molar-refractivity contribution in [3.8, 4) is 6.07 Å². The van der Waals surface area contributed by atoms with Gasteiger partial charge >= 0.3 is 0 Å². The van der Waals surface area contributed by atoms with E-state index in [2.05, 4.69) is 28.2 Å². The van der Waals surface area contributed by atoms with Gasteiger partial charge in [0.1, 0.15) is 0 Å². The van der Waals surface area contributed by atoms with E-state index in [0.717, 1.165) is 17.8 Å². The van der Waals surface area contributed by atoms with E-state index in [1.807, 2.05) is 18.2 Å². The first kappa shape index (κ1) is 11.5. The van der Waals surface area contributed by atoms with Crippen molar-refractivity contribution in [2.45, 2.75) is 13.0 Å². The third-order valence-corrected chi connectivity index (χ3v) is 3.22. The quantitative estimate of drug-likeness (QED) is 0.811. The predicted octanol–water partition coefficient (Wildman–Crippen LogP) is 3.01. The first-order chi connectivity index (χ1) is 8.29. The van der Waals surface area contributed by atoms with Gasteiger partial charge in [-0.1, -0.05) is 0 Å². The van der Waals surface area contributed by atoms with Gasteiger partial charge in [0.2, 0.25) is 0 Å². The van der Waals surface area contributed by atoms with Crippen molar-refractivity contribution in [3.05, 3.63) is 46.2 Å². The highest BCUT2D eigenvalue weighted by Gasteiger charge is 2.01. The van der Waals surface area contributed by atoms with Crippen LogP contribution in [0.4, 0.5) is 11.4 Å². The molecule has 86 valence electrons. The molecule has 0 fully saturated rings. The largest absolute Gasteiger partial charge is 0.398 e. The van der Waals surface area contributed by atoms with Crippen molar-refractivity contribution >= 4 is 22.7 Å². The van der Waals surface area contributed by atoms with Crippen LogP contribution in [0.1, 0.15) is 11.1 Å². The summed E-state index contributed by atoms with van der Waals surface area (Å²) >= 11 is 1.69. The van der Waals surface area contributed by atoms with Gasteiger partial charge in [0.25, 0.3) is 0 Å². The molecule has 4 heteroatoms. The molecule has 0 aliphatic rings. The van der Waals surface area contributed by atoms with Gasteiger partial charge in [-0.15, -0.1) is 0 Å². The van der Waals surface area contributed by atoms with Crippen molar-refractivity contribution in [2.24, 2.45) is 0 Å². The number of nitrogens with zero attached hydrogens (tertiary/aromatic N) is 1. The molecular formula is C13H13N3S. The molecule has 2 rings (SSSR count). The van der Waals surface area contributed by atoms with Gasteiger partial charge in [-0.05, 0) is 46.2 Å². The summed E-state index contributed by atoms with van der Waals surface area (Å²) < 4.78 is 0. The van der Waals surface area contributed by atoms with Crippen LogP contribution in [0.3, 0.4) is 0 Å². The van der Waals surface area contributed by atoms with Crippen LogP contribution in [0.2, 0.25) is 0 Å². The fourth-order valence-electron chi connectivity index (χ4n) is 1.55. The number of nitriles is 1. The lowest BCUT2D eigenvalue weighted by Gasteiger charge is -2.08. The Morgan fingerprint density at radius 3 is 2.94 bits per heavy atom. The standard InChI is InChI=1S/C13H13N3S/c14-5-3-11-7-12(1-2-13(11)15)16-8-10-4-6-17-9-10/h1-2,4,6-7,9,16H,3,8,15H2. The summed E-state index contributed by atoms with van der Waals surface area (Å²) in [6.45, 7) is 0.791. The SMILES string of the molecule is N#CCc1cc(NCc2ccsc2)ccc1N. The number of benzene rings is 1. The molecule has 0 aliphatic carbocycles. The summed E-state index contributed by atoms with van der Waals surface area (Å²) in [6.07, 6.45) is 0.347. The van der Waals surface area contributed by atoms with Crippen LogP contribution >= 0.6 is 11.3 Å². The summed E-state index contributed by atoms with van der Waals surface area (Å²) in [6, 6.07) is 9.91. The molecule has 0 spiro atoms. The fourth-order valence-corrected chi connectivity index (χ4v) is 2.22. The van der Waals surface area contributed by atoms with Gasteiger partial charge in [-0.3, -0.25) is 0 Å². The Morgan fingerprint density at radius 2 is 2.24 bits per heavy atom. The molecule has 1 aromatic carbocycles. The lowest BCUT2D eigenvalue weighted by atomic mass is 10.1. The van der Waals surface area contributed by atoms with Crippen molar-refractivity contribution < 1.29 is 0 Å². The van der Waals surface area contributed by atoms with E-state index in [1.165, 1.54) is 5.56 Å². The Morgan fingerprint density at radius 1 is 1.35 bits per heavy atom. The average molecular weight is 243 g/mol. The fraction of sp³-hybridized carbons (Fsp3) is 0.154. The number of nitrogens with two attached hydrogens (primary N) is 1. The second-order valence-electron chi connectivity index (χ2n) is 3.73. The molecule has 3 nitrogen and oxygen atoms in total. The van der Waals surface area contributed by atoms with Gasteiger partial charge in [-0.25, -0.2) is 0 Å². The predicted molar refractivity (Wildman–Crippen MR) is 71.8 cm³/mol. The van der Waals surface area contributed by atoms with Crippen molar-refractivity contribution in [1.29, 1.82) is 5.26 Å². The Bertz CT molecular complexity index is 526. The van der Waals surface area contributed by atoms with E-state index in [-0.39, 0.29) is 0 Å². The lowest BCUT2D eigenvalue weighted by Crippen LogP contribution is -2.00. The molecule has 0 saturated heterocycles. The van der Waals surface area contributed by atoms with Crippen LogP contribution in [0, 0.1) is 11.3 Å². The number of anilines is 2. The molecule has 3 N–H and O–H groups in total. The number of thiophene rings is 1. The molecule has 0 radical (unpaired) electrons. The maximum Gasteiger partial charge on any atom is 0.0670 e. The second kappa shape index (κ2) is 5.37. The summed E-state index contributed by atoms with van der Waals surface area (Å²) in [7, 11) is 0. The highest BCUT2D eigenvalue weighted by atomic mass is 32.1. The first-order valence-corrected chi connectivity index (χ1v) is 6.24. The van der Waals surface area contributed by atoms with Crippen LogP contribution in [-0.2, 0) is 13.0 Å². The van der Waals surface area contributed by atoms with Crippen molar-refractivity contribution in [3.63, 3.8) is 0 Å². The maximum absolute atomic E-state index is 8.69. The molecule has 1 aromatic heterocycles. The molecule has 0 atom stereocenters. The Labute approximate surface area is 105 Å². The molecule has 1 heterocycles. The summed E-state index contributed by atoms with van der Waals surface area (Å²) in [5.74, 6) is 0. The highest BCUT2D eigenvalue weighted by molar-refractivity contribution is 7.07. The molecule has 2 aromatic rings. The molecule has 0 aliphatic heterocycles. The number of hydrogen-bond acceptors (Lipinski definition) is 4. The zero-order valence-electron chi connectivity index (χ0n) is 9.31. The smallest absolute Gasteiger partial charge is 0.0670 e. The summed E-state index contributed by atoms with van der Waals surface area (Å²) in [4.78, 5) is 0. The first-order valence-electron chi connectivity index (χ1n) is 5.30. The van der Waals surface area contributed by atoms with E-state index in [9.17, 15) is 0 Å². The van der Waals surface area contributed by atoms with E-state index in [4.69, 9.17) is 11.0 Å². The van der Waals surface area contributed by atoms with E-state index in [1.54, 1.807) is 11.3 Å². The van der Waals surface area contributed by atoms with Gasteiger partial charge in [-0.2, -0.15) is 16.6 Å². The van der Waals surface area contributed by atoms with Crippen molar-refractivity contribution in [2.75, 3.05) is 11.1 Å². The minimum atomic E-state index is 0.347. The normalized spacial score (nSPS) is 9.82. The van der Waals surface area contributed by atoms with Crippen molar-refractivity contribution in [1.82, 2.24) is 0 Å². The topological polar surface area (TPSA) is 61.8 Å². The zero-order valence-corrected chi connectivity index (χ0v) is 10.1. The Balaban J connectivity index is 2.06. The average Bonchev–Trinajstić information content (AvgIpc) is 2.83. The third-order valence-electron chi connectivity index (χ3n) is 2.49. The molecular weight excluding hydrogens is 230 g/mol.